The van der Waals surface area contributed by atoms with Gasteiger partial charge in [0, 0.05) is 26.1 Å². The molecular weight excluding hydrogens is 412 g/mol. The number of likely N-dealkylation sites (tertiary alicyclic amines) is 1. The van der Waals surface area contributed by atoms with Crippen molar-refractivity contribution in [2.24, 2.45) is 0 Å². The van der Waals surface area contributed by atoms with E-state index in [1.807, 2.05) is 53.4 Å². The fraction of sp³-hybridized carbons (Fsp3) is 0.714. The summed E-state index contributed by atoms with van der Waals surface area (Å²) in [5.41, 5.74) is 5.32. The minimum absolute atomic E-state index is 0.0370. The van der Waals surface area contributed by atoms with Crippen molar-refractivity contribution in [1.29, 1.82) is 0 Å². The Kier molecular flexibility index (Phi) is 12.8. The standard InChI is InChI=1S/C21H33NO2.C5H11NO.C2H6/c1-8-21(18-14-16(3)15(2)13-17(18)4)9-11-22(12-10-21)19(23)24-20(5,6)7;1-4(2)6-5(3)7;1-2/h13-14H,8-12H2,1-7H3;4H,1-3H3,(H,6,7);1-2H3. The Morgan fingerprint density at radius 1 is 1.03 bits per heavy atom. The Labute approximate surface area is 203 Å². The van der Waals surface area contributed by atoms with Gasteiger partial charge in [0.2, 0.25) is 5.91 Å². The van der Waals surface area contributed by atoms with Crippen LogP contribution in [0.1, 0.15) is 104 Å². The molecule has 0 spiro atoms. The largest absolute Gasteiger partial charge is 0.444 e. The van der Waals surface area contributed by atoms with Gasteiger partial charge in [0.1, 0.15) is 5.60 Å². The first kappa shape index (κ1) is 31.0. The maximum atomic E-state index is 12.3. The number of aryl methyl sites for hydroxylation is 3. The molecule has 0 atom stereocenters. The summed E-state index contributed by atoms with van der Waals surface area (Å²) in [5, 5.41) is 2.67. The summed E-state index contributed by atoms with van der Waals surface area (Å²) >= 11 is 0. The highest BCUT2D eigenvalue weighted by Crippen LogP contribution is 2.41. The Bertz CT molecular complexity index is 755. The van der Waals surface area contributed by atoms with Crippen molar-refractivity contribution in [3.63, 3.8) is 0 Å². The molecule has 0 unspecified atom stereocenters. The van der Waals surface area contributed by atoms with Crippen molar-refractivity contribution < 1.29 is 14.3 Å². The monoisotopic (exact) mass is 462 g/mol. The van der Waals surface area contributed by atoms with Crippen LogP contribution in [-0.2, 0) is 14.9 Å². The molecule has 2 rings (SSSR count). The summed E-state index contributed by atoms with van der Waals surface area (Å²) < 4.78 is 5.53. The van der Waals surface area contributed by atoms with Crippen LogP contribution < -0.4 is 5.32 Å². The molecule has 0 bridgehead atoms. The Morgan fingerprint density at radius 2 is 1.52 bits per heavy atom. The summed E-state index contributed by atoms with van der Waals surface area (Å²) in [7, 11) is 0. The molecule has 0 radical (unpaired) electrons. The fourth-order valence-corrected chi connectivity index (χ4v) is 4.20. The van der Waals surface area contributed by atoms with E-state index in [1.165, 1.54) is 29.2 Å². The number of rotatable bonds is 3. The molecule has 5 heteroatoms. The van der Waals surface area contributed by atoms with Crippen LogP contribution >= 0.6 is 0 Å². The minimum atomic E-state index is -0.430. The first-order valence-electron chi connectivity index (χ1n) is 12.5. The van der Waals surface area contributed by atoms with Crippen LogP contribution in [0.4, 0.5) is 4.79 Å². The van der Waals surface area contributed by atoms with Crippen LogP contribution in [0.15, 0.2) is 12.1 Å². The molecule has 1 fully saturated rings. The second-order valence-corrected chi connectivity index (χ2v) is 10.2. The highest BCUT2D eigenvalue weighted by atomic mass is 16.6. The number of carbonyl (C=O) groups is 2. The molecule has 0 saturated carbocycles. The van der Waals surface area contributed by atoms with Crippen LogP contribution in [0, 0.1) is 20.8 Å². The van der Waals surface area contributed by atoms with Crippen LogP contribution in [0.2, 0.25) is 0 Å². The van der Waals surface area contributed by atoms with Crippen LogP contribution in [-0.4, -0.2) is 41.6 Å². The predicted octanol–water partition coefficient (Wildman–Crippen LogP) is 6.85. The molecular formula is C28H50N2O3. The molecule has 1 aromatic carbocycles. The van der Waals surface area contributed by atoms with E-state index in [9.17, 15) is 9.59 Å². The van der Waals surface area contributed by atoms with E-state index in [2.05, 4.69) is 45.1 Å². The van der Waals surface area contributed by atoms with Crippen LogP contribution in [0.3, 0.4) is 0 Å². The average molecular weight is 463 g/mol. The summed E-state index contributed by atoms with van der Waals surface area (Å²) in [6, 6.07) is 4.96. The van der Waals surface area contributed by atoms with Crippen molar-refractivity contribution in [2.75, 3.05) is 13.1 Å². The van der Waals surface area contributed by atoms with Crippen molar-refractivity contribution in [1.82, 2.24) is 10.2 Å². The summed E-state index contributed by atoms with van der Waals surface area (Å²) in [6.07, 6.45) is 2.94. The minimum Gasteiger partial charge on any atom is -0.444 e. The number of piperidine rings is 1. The molecule has 2 amide bonds. The van der Waals surface area contributed by atoms with Gasteiger partial charge in [0.05, 0.1) is 0 Å². The third kappa shape index (κ3) is 10.2. The normalized spacial score (nSPS) is 15.0. The van der Waals surface area contributed by atoms with Gasteiger partial charge < -0.3 is 15.0 Å². The van der Waals surface area contributed by atoms with E-state index in [4.69, 9.17) is 4.74 Å². The number of ether oxygens (including phenoxy) is 1. The van der Waals surface area contributed by atoms with Crippen molar-refractivity contribution in [3.05, 3.63) is 34.4 Å². The number of hydrogen-bond acceptors (Lipinski definition) is 3. The molecule has 0 aliphatic carbocycles. The molecule has 33 heavy (non-hydrogen) atoms. The van der Waals surface area contributed by atoms with Gasteiger partial charge in [-0.3, -0.25) is 4.79 Å². The molecule has 1 aliphatic rings. The van der Waals surface area contributed by atoms with Crippen LogP contribution in [0.25, 0.3) is 0 Å². The third-order valence-electron chi connectivity index (χ3n) is 5.95. The average Bonchev–Trinajstić information content (AvgIpc) is 2.70. The van der Waals surface area contributed by atoms with Gasteiger partial charge in [-0.2, -0.15) is 0 Å². The lowest BCUT2D eigenvalue weighted by Gasteiger charge is -2.43. The SMILES string of the molecule is CC.CC(=O)NC(C)C.CCC1(c2cc(C)c(C)cc2C)CCN(C(=O)OC(C)(C)C)CC1. The fourth-order valence-electron chi connectivity index (χ4n) is 4.20. The number of nitrogens with one attached hydrogen (secondary N) is 1. The Morgan fingerprint density at radius 3 is 1.88 bits per heavy atom. The topological polar surface area (TPSA) is 58.6 Å². The molecule has 5 nitrogen and oxygen atoms in total. The lowest BCUT2D eigenvalue weighted by molar-refractivity contribution is -0.119. The number of amides is 2. The van der Waals surface area contributed by atoms with E-state index < -0.39 is 5.60 Å². The van der Waals surface area contributed by atoms with Crippen LogP contribution in [0.5, 0.6) is 0 Å². The second kappa shape index (κ2) is 13.6. The quantitative estimate of drug-likeness (QED) is 0.534. The first-order chi connectivity index (χ1) is 15.2. The molecule has 0 aromatic heterocycles. The van der Waals surface area contributed by atoms with E-state index in [0.717, 1.165) is 32.4 Å². The van der Waals surface area contributed by atoms with Crippen molar-refractivity contribution >= 4 is 12.0 Å². The van der Waals surface area contributed by atoms with Gasteiger partial charge in [0.15, 0.2) is 0 Å². The highest BCUT2D eigenvalue weighted by molar-refractivity contribution is 5.73. The maximum Gasteiger partial charge on any atom is 0.410 e. The van der Waals surface area contributed by atoms with Gasteiger partial charge in [-0.1, -0.05) is 32.9 Å². The number of benzene rings is 1. The number of nitrogens with zero attached hydrogens (tertiary/aromatic N) is 1. The molecule has 1 N–H and O–H groups in total. The molecule has 1 aliphatic heterocycles. The maximum absolute atomic E-state index is 12.3. The van der Waals surface area contributed by atoms with Crippen molar-refractivity contribution in [3.8, 4) is 0 Å². The summed E-state index contributed by atoms with van der Waals surface area (Å²) in [4.78, 5) is 24.3. The van der Waals surface area contributed by atoms with E-state index in [1.54, 1.807) is 0 Å². The third-order valence-corrected chi connectivity index (χ3v) is 5.95. The van der Waals surface area contributed by atoms with Gasteiger partial charge >= 0.3 is 6.09 Å². The first-order valence-corrected chi connectivity index (χ1v) is 12.5. The second-order valence-electron chi connectivity index (χ2n) is 10.2. The number of carbonyl (C=O) groups excluding carboxylic acids is 2. The smallest absolute Gasteiger partial charge is 0.410 e. The molecule has 1 heterocycles. The molecule has 1 saturated heterocycles. The summed E-state index contributed by atoms with van der Waals surface area (Å²) in [5.74, 6) is 0.0370. The lowest BCUT2D eigenvalue weighted by Crippen LogP contribution is -2.46. The van der Waals surface area contributed by atoms with Gasteiger partial charge in [-0.15, -0.1) is 0 Å². The van der Waals surface area contributed by atoms with E-state index >= 15 is 0 Å². The number of hydrogen-bond donors (Lipinski definition) is 1. The van der Waals surface area contributed by atoms with E-state index in [-0.39, 0.29) is 23.5 Å². The predicted molar refractivity (Wildman–Crippen MR) is 140 cm³/mol. The van der Waals surface area contributed by atoms with Crippen molar-refractivity contribution in [2.45, 2.75) is 119 Å². The zero-order valence-corrected chi connectivity index (χ0v) is 23.4. The highest BCUT2D eigenvalue weighted by Gasteiger charge is 2.38. The Balaban J connectivity index is 0.000000973. The van der Waals surface area contributed by atoms with E-state index in [0.29, 0.717) is 0 Å². The zero-order valence-electron chi connectivity index (χ0n) is 23.4. The Hall–Kier alpha value is -2.04. The zero-order chi connectivity index (χ0) is 26.0. The van der Waals surface area contributed by atoms with Gasteiger partial charge in [-0.25, -0.2) is 4.79 Å². The van der Waals surface area contributed by atoms with Gasteiger partial charge in [0.25, 0.3) is 0 Å². The molecule has 1 aromatic rings. The van der Waals surface area contributed by atoms with Gasteiger partial charge in [-0.05, 0) is 102 Å². The molecule has 190 valence electrons. The lowest BCUT2D eigenvalue weighted by atomic mass is 9.69. The summed E-state index contributed by atoms with van der Waals surface area (Å²) in [6.45, 7) is 25.6.